The molecule has 2 aromatic rings. The first-order valence-corrected chi connectivity index (χ1v) is 7.08. The first kappa shape index (κ1) is 15.8. The molecule has 0 aliphatic carbocycles. The summed E-state index contributed by atoms with van der Waals surface area (Å²) in [5, 5.41) is 0. The second kappa shape index (κ2) is 6.05. The number of rotatable bonds is 4. The fourth-order valence-corrected chi connectivity index (χ4v) is 2.44. The molecule has 0 aliphatic heterocycles. The molecule has 0 saturated heterocycles. The van der Waals surface area contributed by atoms with Gasteiger partial charge in [-0.1, -0.05) is 18.2 Å². The van der Waals surface area contributed by atoms with Gasteiger partial charge in [0.1, 0.15) is 0 Å². The number of hydrogen-bond acceptors (Lipinski definition) is 3. The average Bonchev–Trinajstić information content (AvgIpc) is 2.75. The van der Waals surface area contributed by atoms with Gasteiger partial charge in [0.2, 0.25) is 0 Å². The number of nitrogens with zero attached hydrogens (tertiary/aromatic N) is 1. The molecular formula is C17H20N2O3. The molecule has 1 atom stereocenters. The normalized spacial score (nSPS) is 12.0. The first-order chi connectivity index (χ1) is 10.3. The number of amides is 1. The van der Waals surface area contributed by atoms with Gasteiger partial charge in [0.25, 0.3) is 5.91 Å². The van der Waals surface area contributed by atoms with E-state index < -0.39 is 18.0 Å². The Morgan fingerprint density at radius 2 is 1.82 bits per heavy atom. The summed E-state index contributed by atoms with van der Waals surface area (Å²) in [7, 11) is 0. The third kappa shape index (κ3) is 2.88. The Labute approximate surface area is 129 Å². The summed E-state index contributed by atoms with van der Waals surface area (Å²) in [4.78, 5) is 23.2. The summed E-state index contributed by atoms with van der Waals surface area (Å²) in [5.41, 5.74) is 9.38. The quantitative estimate of drug-likeness (QED) is 0.881. The molecule has 2 rings (SSSR count). The van der Waals surface area contributed by atoms with E-state index in [9.17, 15) is 9.59 Å². The standard InChI is InChI=1S/C17H20N2O3/c1-10-7-5-6-8-15(10)19-11(2)9-14(12(19)3)17(21)22-13(4)16(18)20/h5-9,13H,1-4H3,(H2,18,20). The van der Waals surface area contributed by atoms with Crippen molar-refractivity contribution in [1.29, 1.82) is 0 Å². The van der Waals surface area contributed by atoms with Gasteiger partial charge in [-0.15, -0.1) is 0 Å². The van der Waals surface area contributed by atoms with Crippen molar-refractivity contribution < 1.29 is 14.3 Å². The van der Waals surface area contributed by atoms with Crippen molar-refractivity contribution in [3.05, 3.63) is 52.8 Å². The highest BCUT2D eigenvalue weighted by Crippen LogP contribution is 2.23. The number of aryl methyl sites for hydroxylation is 2. The molecule has 0 bridgehead atoms. The van der Waals surface area contributed by atoms with E-state index in [0.717, 1.165) is 22.6 Å². The number of primary amides is 1. The number of nitrogens with two attached hydrogens (primary N) is 1. The van der Waals surface area contributed by atoms with Gasteiger partial charge in [0, 0.05) is 17.1 Å². The average molecular weight is 300 g/mol. The Morgan fingerprint density at radius 3 is 2.41 bits per heavy atom. The van der Waals surface area contributed by atoms with Crippen LogP contribution in [-0.2, 0) is 9.53 Å². The zero-order valence-electron chi connectivity index (χ0n) is 13.2. The Bertz CT molecular complexity index is 732. The minimum atomic E-state index is -0.950. The number of para-hydroxylation sites is 1. The van der Waals surface area contributed by atoms with Crippen LogP contribution in [0, 0.1) is 20.8 Å². The zero-order chi connectivity index (χ0) is 16.4. The van der Waals surface area contributed by atoms with Gasteiger partial charge in [-0.2, -0.15) is 0 Å². The second-order valence-corrected chi connectivity index (χ2v) is 5.36. The number of carbonyl (C=O) groups excluding carboxylic acids is 2. The Morgan fingerprint density at radius 1 is 1.18 bits per heavy atom. The largest absolute Gasteiger partial charge is 0.449 e. The smallest absolute Gasteiger partial charge is 0.340 e. The molecule has 5 nitrogen and oxygen atoms in total. The molecule has 0 radical (unpaired) electrons. The van der Waals surface area contributed by atoms with Crippen LogP contribution in [0.25, 0.3) is 5.69 Å². The van der Waals surface area contributed by atoms with Gasteiger partial charge in [0.15, 0.2) is 6.10 Å². The van der Waals surface area contributed by atoms with E-state index in [1.807, 2.05) is 49.6 Å². The summed E-state index contributed by atoms with van der Waals surface area (Å²) in [6, 6.07) is 9.70. The van der Waals surface area contributed by atoms with E-state index in [4.69, 9.17) is 10.5 Å². The second-order valence-electron chi connectivity index (χ2n) is 5.36. The Hall–Kier alpha value is -2.56. The summed E-state index contributed by atoms with van der Waals surface area (Å²) < 4.78 is 7.09. The van der Waals surface area contributed by atoms with Crippen LogP contribution >= 0.6 is 0 Å². The summed E-state index contributed by atoms with van der Waals surface area (Å²) >= 11 is 0. The maximum atomic E-state index is 12.2. The highest BCUT2D eigenvalue weighted by molar-refractivity contribution is 5.93. The molecule has 0 saturated carbocycles. The minimum Gasteiger partial charge on any atom is -0.449 e. The third-order valence-corrected chi connectivity index (χ3v) is 3.69. The van der Waals surface area contributed by atoms with Gasteiger partial charge < -0.3 is 15.0 Å². The summed E-state index contributed by atoms with van der Waals surface area (Å²) in [6.45, 7) is 7.25. The van der Waals surface area contributed by atoms with Crippen LogP contribution in [0.1, 0.15) is 34.2 Å². The molecule has 1 aromatic heterocycles. The number of aromatic nitrogens is 1. The SMILES string of the molecule is Cc1ccccc1-n1c(C)cc(C(=O)OC(C)C(N)=O)c1C. The van der Waals surface area contributed by atoms with E-state index in [-0.39, 0.29) is 0 Å². The number of ether oxygens (including phenoxy) is 1. The van der Waals surface area contributed by atoms with E-state index in [1.54, 1.807) is 6.07 Å². The van der Waals surface area contributed by atoms with Crippen molar-refractivity contribution in [2.75, 3.05) is 0 Å². The van der Waals surface area contributed by atoms with Crippen LogP contribution in [0.2, 0.25) is 0 Å². The van der Waals surface area contributed by atoms with Crippen LogP contribution < -0.4 is 5.73 Å². The lowest BCUT2D eigenvalue weighted by Crippen LogP contribution is -2.30. The lowest BCUT2D eigenvalue weighted by Gasteiger charge is -2.13. The maximum absolute atomic E-state index is 12.2. The maximum Gasteiger partial charge on any atom is 0.340 e. The van der Waals surface area contributed by atoms with Crippen molar-refractivity contribution in [1.82, 2.24) is 4.57 Å². The van der Waals surface area contributed by atoms with Crippen LogP contribution in [0.15, 0.2) is 30.3 Å². The fourth-order valence-electron chi connectivity index (χ4n) is 2.44. The molecule has 0 fully saturated rings. The Kier molecular flexibility index (Phi) is 4.35. The van der Waals surface area contributed by atoms with Crippen molar-refractivity contribution in [3.63, 3.8) is 0 Å². The van der Waals surface area contributed by atoms with Crippen molar-refractivity contribution >= 4 is 11.9 Å². The van der Waals surface area contributed by atoms with E-state index in [1.165, 1.54) is 6.92 Å². The number of hydrogen-bond donors (Lipinski definition) is 1. The van der Waals surface area contributed by atoms with Crippen LogP contribution in [0.5, 0.6) is 0 Å². The van der Waals surface area contributed by atoms with Gasteiger partial charge in [0.05, 0.1) is 5.56 Å². The molecule has 0 aliphatic rings. The predicted molar refractivity (Wildman–Crippen MR) is 84.1 cm³/mol. The molecule has 22 heavy (non-hydrogen) atoms. The van der Waals surface area contributed by atoms with Crippen molar-refractivity contribution in [2.24, 2.45) is 5.73 Å². The lowest BCUT2D eigenvalue weighted by atomic mass is 10.2. The van der Waals surface area contributed by atoms with Crippen LogP contribution in [0.3, 0.4) is 0 Å². The Balaban J connectivity index is 2.42. The molecular weight excluding hydrogens is 280 g/mol. The summed E-state index contributed by atoms with van der Waals surface area (Å²) in [5.74, 6) is -1.21. The lowest BCUT2D eigenvalue weighted by molar-refractivity contribution is -0.125. The van der Waals surface area contributed by atoms with Gasteiger partial charge in [-0.3, -0.25) is 4.79 Å². The summed E-state index contributed by atoms with van der Waals surface area (Å²) in [6.07, 6.45) is -0.950. The molecule has 1 heterocycles. The molecule has 0 spiro atoms. The van der Waals surface area contributed by atoms with Crippen molar-refractivity contribution in [2.45, 2.75) is 33.8 Å². The van der Waals surface area contributed by atoms with Crippen molar-refractivity contribution in [3.8, 4) is 5.69 Å². The van der Waals surface area contributed by atoms with E-state index >= 15 is 0 Å². The predicted octanol–water partition coefficient (Wildman–Crippen LogP) is 2.43. The number of benzene rings is 1. The van der Waals surface area contributed by atoms with Crippen LogP contribution in [-0.4, -0.2) is 22.5 Å². The number of esters is 1. The highest BCUT2D eigenvalue weighted by Gasteiger charge is 2.22. The highest BCUT2D eigenvalue weighted by atomic mass is 16.5. The van der Waals surface area contributed by atoms with Gasteiger partial charge >= 0.3 is 5.97 Å². The first-order valence-electron chi connectivity index (χ1n) is 7.08. The monoisotopic (exact) mass is 300 g/mol. The zero-order valence-corrected chi connectivity index (χ0v) is 13.2. The van der Waals surface area contributed by atoms with Gasteiger partial charge in [-0.25, -0.2) is 4.79 Å². The molecule has 2 N–H and O–H groups in total. The van der Waals surface area contributed by atoms with E-state index in [0.29, 0.717) is 5.56 Å². The fraction of sp³-hybridized carbons (Fsp3) is 0.294. The molecule has 116 valence electrons. The molecule has 1 aromatic carbocycles. The van der Waals surface area contributed by atoms with Crippen LogP contribution in [0.4, 0.5) is 0 Å². The van der Waals surface area contributed by atoms with E-state index in [2.05, 4.69) is 0 Å². The molecule has 1 amide bonds. The van der Waals surface area contributed by atoms with Gasteiger partial charge in [-0.05, 0) is 45.4 Å². The number of carbonyl (C=O) groups is 2. The molecule has 1 unspecified atom stereocenters. The third-order valence-electron chi connectivity index (χ3n) is 3.69. The minimum absolute atomic E-state index is 0.439. The molecule has 5 heteroatoms. The topological polar surface area (TPSA) is 74.3 Å².